The van der Waals surface area contributed by atoms with Crippen LogP contribution in [-0.4, -0.2) is 11.8 Å². The van der Waals surface area contributed by atoms with E-state index in [1.807, 2.05) is 0 Å². The molecule has 0 fully saturated rings. The van der Waals surface area contributed by atoms with E-state index in [4.69, 9.17) is 0 Å². The number of hydrogen-bond donors (Lipinski definition) is 0. The van der Waals surface area contributed by atoms with Gasteiger partial charge < -0.3 is 0 Å². The molecule has 0 aliphatic rings. The minimum atomic E-state index is -0.653. The summed E-state index contributed by atoms with van der Waals surface area (Å²) in [5, 5.41) is 5.03. The van der Waals surface area contributed by atoms with Gasteiger partial charge >= 0.3 is 0 Å². The van der Waals surface area contributed by atoms with Gasteiger partial charge in [-0.1, -0.05) is 59.1 Å². The Morgan fingerprint density at radius 2 is 1.04 bits per heavy atom. The number of nitroso groups, excluding NO2 is 2. The zero-order chi connectivity index (χ0) is 19.3. The van der Waals surface area contributed by atoms with Crippen LogP contribution in [0, 0.1) is 20.6 Å². The molecule has 0 aromatic carbocycles. The lowest BCUT2D eigenvalue weighted by Gasteiger charge is -2.18. The van der Waals surface area contributed by atoms with E-state index in [-0.39, 0.29) is 0 Å². The molecule has 0 saturated carbocycles. The summed E-state index contributed by atoms with van der Waals surface area (Å²) in [4.78, 5) is 43.2. The summed E-state index contributed by atoms with van der Waals surface area (Å²) in [7, 11) is 0. The van der Waals surface area contributed by atoms with Crippen molar-refractivity contribution in [3.8, 4) is 0 Å². The Morgan fingerprint density at radius 3 is 1.44 bits per heavy atom. The van der Waals surface area contributed by atoms with Crippen LogP contribution in [0.3, 0.4) is 0 Å². The van der Waals surface area contributed by atoms with Gasteiger partial charge in [0.25, 0.3) is 11.8 Å². The summed E-state index contributed by atoms with van der Waals surface area (Å²) < 4.78 is 0. The number of hydrogen-bond acceptors (Lipinski definition) is 4. The van der Waals surface area contributed by atoms with Crippen molar-refractivity contribution in [2.45, 2.75) is 85.5 Å². The second-order valence-corrected chi connectivity index (χ2v) is 7.88. The maximum absolute atomic E-state index is 11.3. The fourth-order valence-electron chi connectivity index (χ4n) is 2.53. The van der Waals surface area contributed by atoms with Crippen molar-refractivity contribution in [1.29, 1.82) is 0 Å². The Kier molecular flexibility index (Phi) is 11.0. The van der Waals surface area contributed by atoms with Crippen molar-refractivity contribution in [3.05, 3.63) is 22.0 Å². The van der Waals surface area contributed by atoms with Gasteiger partial charge in [-0.15, -0.1) is 9.81 Å². The quantitative estimate of drug-likeness (QED) is 0.242. The lowest BCUT2D eigenvalue weighted by atomic mass is 9.86. The van der Waals surface area contributed by atoms with Gasteiger partial charge in [-0.05, 0) is 38.5 Å². The van der Waals surface area contributed by atoms with Gasteiger partial charge in [-0.2, -0.15) is 0 Å². The molecule has 0 spiro atoms. The van der Waals surface area contributed by atoms with Gasteiger partial charge in [0.05, 0.1) is 0 Å². The van der Waals surface area contributed by atoms with E-state index >= 15 is 0 Å². The molecule has 0 aliphatic heterocycles. The van der Waals surface area contributed by atoms with Crippen LogP contribution >= 0.6 is 0 Å². The zero-order valence-corrected chi connectivity index (χ0v) is 16.0. The average Bonchev–Trinajstić information content (AvgIpc) is 2.57. The molecule has 25 heavy (non-hydrogen) atoms. The van der Waals surface area contributed by atoms with E-state index in [1.165, 1.54) is 0 Å². The molecule has 2 amide bonds. The molecule has 0 heterocycles. The molecule has 6 nitrogen and oxygen atoms in total. The van der Waals surface area contributed by atoms with Crippen molar-refractivity contribution in [2.24, 2.45) is 21.2 Å². The molecule has 0 saturated heterocycles. The molecule has 142 valence electrons. The van der Waals surface area contributed by atoms with E-state index in [0.717, 1.165) is 44.9 Å². The molecule has 0 bridgehead atoms. The van der Waals surface area contributed by atoms with Crippen LogP contribution in [0.1, 0.15) is 85.5 Å². The van der Waals surface area contributed by atoms with Crippen LogP contribution in [0.25, 0.3) is 0 Å². The number of allylic oxidation sites excluding steroid dienone is 2. The molecule has 6 heteroatoms. The fourth-order valence-corrected chi connectivity index (χ4v) is 2.53. The minimum Gasteiger partial charge on any atom is -0.268 e. The second kappa shape index (κ2) is 11.8. The Labute approximate surface area is 150 Å². The Morgan fingerprint density at radius 1 is 0.680 bits per heavy atom. The number of rotatable bonds is 13. The normalized spacial score (nSPS) is 12.3. The number of carbonyl (C=O) groups is 2. The molecular formula is C19H32N2O4. The molecular weight excluding hydrogens is 320 g/mol. The first kappa shape index (κ1) is 23.3. The number of nitrogens with zero attached hydrogens (tertiary/aromatic N) is 2. The summed E-state index contributed by atoms with van der Waals surface area (Å²) in [6.07, 6.45) is 12.5. The first-order valence-corrected chi connectivity index (χ1v) is 9.08. The summed E-state index contributed by atoms with van der Waals surface area (Å²) in [6.45, 7) is 7.03. The van der Waals surface area contributed by atoms with Gasteiger partial charge in [0.2, 0.25) is 0 Å². The van der Waals surface area contributed by atoms with Crippen molar-refractivity contribution >= 4 is 11.8 Å². The molecule has 0 rings (SSSR count). The smallest absolute Gasteiger partial charge is 0.268 e. The summed E-state index contributed by atoms with van der Waals surface area (Å²) in [5.41, 5.74) is -1.30. The van der Waals surface area contributed by atoms with Crippen molar-refractivity contribution in [2.75, 3.05) is 0 Å². The maximum Gasteiger partial charge on any atom is 0.291 e. The highest BCUT2D eigenvalue weighted by atomic mass is 16.3. The maximum atomic E-state index is 11.3. The third-order valence-electron chi connectivity index (χ3n) is 4.59. The Hall–Kier alpha value is -1.72. The van der Waals surface area contributed by atoms with Crippen molar-refractivity contribution in [1.82, 2.24) is 0 Å². The lowest BCUT2D eigenvalue weighted by Crippen LogP contribution is -2.21. The monoisotopic (exact) mass is 352 g/mol. The summed E-state index contributed by atoms with van der Waals surface area (Å²) in [5.74, 6) is -1.14. The van der Waals surface area contributed by atoms with E-state index in [2.05, 4.69) is 22.5 Å². The molecule has 0 aromatic heterocycles. The molecule has 0 radical (unpaired) electrons. The highest BCUT2D eigenvalue weighted by Crippen LogP contribution is 2.26. The van der Waals surface area contributed by atoms with Crippen LogP contribution in [-0.2, 0) is 9.59 Å². The zero-order valence-electron chi connectivity index (χ0n) is 16.0. The van der Waals surface area contributed by atoms with Gasteiger partial charge in [-0.25, -0.2) is 0 Å². The predicted octanol–water partition coefficient (Wildman–Crippen LogP) is 5.69. The standard InChI is InChI=1S/C19H32N2O4/c1-18(2,16(22)20-24)14-12-10-8-6-5-7-9-11-13-15-19(3,4)17(23)21-25/h5-6H,7-15H2,1-4H3/b6-5+. The van der Waals surface area contributed by atoms with Crippen molar-refractivity contribution in [3.63, 3.8) is 0 Å². The van der Waals surface area contributed by atoms with Gasteiger partial charge in [0, 0.05) is 21.2 Å². The number of carbonyl (C=O) groups excluding carboxylic acids is 2. The van der Waals surface area contributed by atoms with E-state index < -0.39 is 22.6 Å². The van der Waals surface area contributed by atoms with E-state index in [9.17, 15) is 19.4 Å². The Bertz CT molecular complexity index is 482. The molecule has 0 atom stereocenters. The minimum absolute atomic E-state index is 0.568. The third-order valence-corrected chi connectivity index (χ3v) is 4.59. The fraction of sp³-hybridized carbons (Fsp3) is 0.789. The van der Waals surface area contributed by atoms with Crippen LogP contribution in [0.4, 0.5) is 0 Å². The van der Waals surface area contributed by atoms with Gasteiger partial charge in [0.1, 0.15) is 0 Å². The predicted molar refractivity (Wildman–Crippen MR) is 99.9 cm³/mol. The van der Waals surface area contributed by atoms with E-state index in [1.54, 1.807) is 27.7 Å². The van der Waals surface area contributed by atoms with Crippen LogP contribution in [0.2, 0.25) is 0 Å². The average molecular weight is 352 g/mol. The van der Waals surface area contributed by atoms with Crippen molar-refractivity contribution < 1.29 is 9.59 Å². The van der Waals surface area contributed by atoms with Crippen LogP contribution in [0.5, 0.6) is 0 Å². The summed E-state index contributed by atoms with van der Waals surface area (Å²) >= 11 is 0. The van der Waals surface area contributed by atoms with Crippen LogP contribution in [0.15, 0.2) is 22.5 Å². The van der Waals surface area contributed by atoms with Gasteiger partial charge in [0.15, 0.2) is 0 Å². The topological polar surface area (TPSA) is 93.0 Å². The first-order valence-electron chi connectivity index (χ1n) is 9.08. The molecule has 0 aliphatic carbocycles. The summed E-state index contributed by atoms with van der Waals surface area (Å²) in [6, 6.07) is 0. The highest BCUT2D eigenvalue weighted by Gasteiger charge is 2.28. The van der Waals surface area contributed by atoms with Crippen LogP contribution < -0.4 is 0 Å². The third kappa shape index (κ3) is 9.99. The first-order chi connectivity index (χ1) is 11.7. The molecule has 0 aromatic rings. The largest absolute Gasteiger partial charge is 0.291 e. The lowest BCUT2D eigenvalue weighted by molar-refractivity contribution is -0.126. The Balaban J connectivity index is 3.69. The second-order valence-electron chi connectivity index (χ2n) is 7.88. The highest BCUT2D eigenvalue weighted by molar-refractivity contribution is 5.82. The molecule has 0 unspecified atom stereocenters. The molecule has 0 N–H and O–H groups in total. The number of amides is 2. The van der Waals surface area contributed by atoms with Gasteiger partial charge in [-0.3, -0.25) is 9.59 Å². The van der Waals surface area contributed by atoms with E-state index in [0.29, 0.717) is 12.8 Å². The number of unbranched alkanes of at least 4 members (excludes halogenated alkanes) is 5. The SMILES string of the molecule is CC(C)(CCCC/C=C/CCCCCC(C)(C)C(=O)N=O)C(=O)N=O.